The van der Waals surface area contributed by atoms with Crippen molar-refractivity contribution in [2.24, 2.45) is 5.73 Å². The molecule has 0 aromatic carbocycles. The van der Waals surface area contributed by atoms with Crippen molar-refractivity contribution < 1.29 is 0 Å². The highest BCUT2D eigenvalue weighted by Crippen LogP contribution is 2.30. The molecule has 1 unspecified atom stereocenters. The second-order valence-electron chi connectivity index (χ2n) is 4.01. The van der Waals surface area contributed by atoms with E-state index in [-0.39, 0.29) is 5.41 Å². The molecule has 2 heterocycles. The van der Waals surface area contributed by atoms with Gasteiger partial charge in [0.05, 0.1) is 11.9 Å². The predicted molar refractivity (Wildman–Crippen MR) is 64.2 cm³/mol. The zero-order chi connectivity index (χ0) is 11.6. The van der Waals surface area contributed by atoms with E-state index in [2.05, 4.69) is 39.6 Å². The van der Waals surface area contributed by atoms with E-state index >= 15 is 0 Å². The summed E-state index contributed by atoms with van der Waals surface area (Å²) < 4.78 is 0. The molecule has 6 heteroatoms. The maximum Gasteiger partial charge on any atom is 0.145 e. The van der Waals surface area contributed by atoms with Crippen molar-refractivity contribution >= 4 is 11.3 Å². The van der Waals surface area contributed by atoms with Crippen LogP contribution in [0.4, 0.5) is 0 Å². The lowest BCUT2D eigenvalue weighted by Crippen LogP contribution is -2.31. The molecule has 0 radical (unpaired) electrons. The summed E-state index contributed by atoms with van der Waals surface area (Å²) in [6.45, 7) is 4.86. The molecule has 1 atom stereocenters. The Bertz CT molecular complexity index is 443. The van der Waals surface area contributed by atoms with Crippen LogP contribution in [0.3, 0.4) is 0 Å². The number of nitrogens with two attached hydrogens (primary N) is 1. The van der Waals surface area contributed by atoms with Gasteiger partial charge in [0.15, 0.2) is 0 Å². The summed E-state index contributed by atoms with van der Waals surface area (Å²) in [5.41, 5.74) is 7.59. The SMILES string of the molecule is CCC(C)(CN)c1csc(-c2cn[nH]n2)n1. The molecule has 0 aliphatic carbocycles. The molecule has 16 heavy (non-hydrogen) atoms. The third-order valence-electron chi connectivity index (χ3n) is 2.99. The summed E-state index contributed by atoms with van der Waals surface area (Å²) in [6.07, 6.45) is 2.65. The zero-order valence-corrected chi connectivity index (χ0v) is 10.2. The fraction of sp³-hybridized carbons (Fsp3) is 0.500. The van der Waals surface area contributed by atoms with Crippen molar-refractivity contribution in [2.45, 2.75) is 25.7 Å². The van der Waals surface area contributed by atoms with Gasteiger partial charge in [-0.2, -0.15) is 15.4 Å². The quantitative estimate of drug-likeness (QED) is 0.845. The number of thiazole rings is 1. The molecule has 0 bridgehead atoms. The molecule has 0 fully saturated rings. The minimum atomic E-state index is -0.0432. The monoisotopic (exact) mass is 237 g/mol. The first kappa shape index (κ1) is 11.2. The highest BCUT2D eigenvalue weighted by atomic mass is 32.1. The summed E-state index contributed by atoms with van der Waals surface area (Å²) >= 11 is 1.58. The Morgan fingerprint density at radius 3 is 2.94 bits per heavy atom. The molecule has 86 valence electrons. The van der Waals surface area contributed by atoms with Crippen LogP contribution in [0.1, 0.15) is 26.0 Å². The molecule has 0 amide bonds. The number of nitrogens with one attached hydrogen (secondary N) is 1. The molecule has 2 aromatic heterocycles. The van der Waals surface area contributed by atoms with Gasteiger partial charge in [-0.25, -0.2) is 4.98 Å². The molecule has 0 saturated carbocycles. The van der Waals surface area contributed by atoms with E-state index in [4.69, 9.17) is 5.73 Å². The average Bonchev–Trinajstić information content (AvgIpc) is 2.97. The predicted octanol–water partition coefficient (Wildman–Crippen LogP) is 1.55. The van der Waals surface area contributed by atoms with Crippen LogP contribution in [-0.4, -0.2) is 26.9 Å². The van der Waals surface area contributed by atoms with Crippen LogP contribution in [0.2, 0.25) is 0 Å². The van der Waals surface area contributed by atoms with E-state index < -0.39 is 0 Å². The molecule has 3 N–H and O–H groups in total. The molecule has 0 spiro atoms. The van der Waals surface area contributed by atoms with Gasteiger partial charge in [0.1, 0.15) is 10.7 Å². The van der Waals surface area contributed by atoms with Crippen LogP contribution in [0.5, 0.6) is 0 Å². The highest BCUT2D eigenvalue weighted by Gasteiger charge is 2.26. The first-order valence-electron chi connectivity index (χ1n) is 5.22. The van der Waals surface area contributed by atoms with Gasteiger partial charge in [-0.15, -0.1) is 11.3 Å². The molecule has 0 aliphatic heterocycles. The fourth-order valence-electron chi connectivity index (χ4n) is 1.40. The van der Waals surface area contributed by atoms with Gasteiger partial charge in [-0.05, 0) is 6.42 Å². The number of aromatic nitrogens is 4. The van der Waals surface area contributed by atoms with Gasteiger partial charge in [-0.1, -0.05) is 13.8 Å². The third-order valence-corrected chi connectivity index (χ3v) is 3.85. The van der Waals surface area contributed by atoms with E-state index in [1.54, 1.807) is 17.5 Å². The Kier molecular flexibility index (Phi) is 3.02. The Balaban J connectivity index is 2.33. The lowest BCUT2D eigenvalue weighted by Gasteiger charge is -2.23. The van der Waals surface area contributed by atoms with Crippen molar-refractivity contribution in [3.05, 3.63) is 17.3 Å². The minimum absolute atomic E-state index is 0.0432. The van der Waals surface area contributed by atoms with Crippen LogP contribution < -0.4 is 5.73 Å². The van der Waals surface area contributed by atoms with Gasteiger partial charge < -0.3 is 5.73 Å². The Morgan fingerprint density at radius 1 is 1.56 bits per heavy atom. The standard InChI is InChI=1S/C10H15N5S/c1-3-10(2,6-11)8-5-16-9(13-8)7-4-12-15-14-7/h4-5H,3,6,11H2,1-2H3,(H,12,14,15). The molecule has 0 aliphatic rings. The first-order valence-corrected chi connectivity index (χ1v) is 6.10. The summed E-state index contributed by atoms with van der Waals surface area (Å²) in [5.74, 6) is 0. The van der Waals surface area contributed by atoms with Gasteiger partial charge in [0.2, 0.25) is 0 Å². The first-order chi connectivity index (χ1) is 7.69. The number of rotatable bonds is 4. The number of nitrogens with zero attached hydrogens (tertiary/aromatic N) is 3. The molecule has 2 aromatic rings. The average molecular weight is 237 g/mol. The lowest BCUT2D eigenvalue weighted by atomic mass is 9.85. The smallest absolute Gasteiger partial charge is 0.145 e. The molecule has 5 nitrogen and oxygen atoms in total. The molecular formula is C10H15N5S. The maximum absolute atomic E-state index is 5.81. The van der Waals surface area contributed by atoms with Crippen molar-refractivity contribution in [3.63, 3.8) is 0 Å². The summed E-state index contributed by atoms with van der Waals surface area (Å²) in [4.78, 5) is 4.58. The van der Waals surface area contributed by atoms with Crippen LogP contribution in [0.15, 0.2) is 11.6 Å². The molecular weight excluding hydrogens is 222 g/mol. The largest absolute Gasteiger partial charge is 0.330 e. The normalized spacial score (nSPS) is 14.9. The van der Waals surface area contributed by atoms with Crippen LogP contribution in [-0.2, 0) is 5.41 Å². The Morgan fingerprint density at radius 2 is 2.38 bits per heavy atom. The summed E-state index contributed by atoms with van der Waals surface area (Å²) in [7, 11) is 0. The van der Waals surface area contributed by atoms with Gasteiger partial charge in [0, 0.05) is 17.3 Å². The van der Waals surface area contributed by atoms with Crippen LogP contribution >= 0.6 is 11.3 Å². The van der Waals surface area contributed by atoms with Crippen LogP contribution in [0, 0.1) is 0 Å². The van der Waals surface area contributed by atoms with Crippen molar-refractivity contribution in [3.8, 4) is 10.7 Å². The third kappa shape index (κ3) is 1.85. The Hall–Kier alpha value is -1.27. The van der Waals surface area contributed by atoms with Gasteiger partial charge >= 0.3 is 0 Å². The lowest BCUT2D eigenvalue weighted by molar-refractivity contribution is 0.456. The van der Waals surface area contributed by atoms with E-state index in [9.17, 15) is 0 Å². The van der Waals surface area contributed by atoms with E-state index in [0.29, 0.717) is 6.54 Å². The number of hydrogen-bond acceptors (Lipinski definition) is 5. The van der Waals surface area contributed by atoms with Gasteiger partial charge in [0.25, 0.3) is 0 Å². The fourth-order valence-corrected chi connectivity index (χ4v) is 2.33. The molecule has 2 rings (SSSR count). The summed E-state index contributed by atoms with van der Waals surface area (Å²) in [6, 6.07) is 0. The number of aromatic amines is 1. The summed E-state index contributed by atoms with van der Waals surface area (Å²) in [5, 5.41) is 13.3. The number of H-pyrrole nitrogens is 1. The topological polar surface area (TPSA) is 80.5 Å². The highest BCUT2D eigenvalue weighted by molar-refractivity contribution is 7.13. The van der Waals surface area contributed by atoms with Crippen molar-refractivity contribution in [1.29, 1.82) is 0 Å². The van der Waals surface area contributed by atoms with Crippen molar-refractivity contribution in [2.75, 3.05) is 6.54 Å². The van der Waals surface area contributed by atoms with Crippen molar-refractivity contribution in [1.82, 2.24) is 20.4 Å². The zero-order valence-electron chi connectivity index (χ0n) is 9.40. The maximum atomic E-state index is 5.81. The number of hydrogen-bond donors (Lipinski definition) is 2. The Labute approximate surface area is 98.1 Å². The van der Waals surface area contributed by atoms with E-state index in [1.807, 2.05) is 0 Å². The molecule has 0 saturated heterocycles. The van der Waals surface area contributed by atoms with Crippen LogP contribution in [0.25, 0.3) is 10.7 Å². The second kappa shape index (κ2) is 4.31. The van der Waals surface area contributed by atoms with E-state index in [1.165, 1.54) is 0 Å². The minimum Gasteiger partial charge on any atom is -0.330 e. The second-order valence-corrected chi connectivity index (χ2v) is 4.87. The van der Waals surface area contributed by atoms with E-state index in [0.717, 1.165) is 22.8 Å². The van der Waals surface area contributed by atoms with Gasteiger partial charge in [-0.3, -0.25) is 0 Å².